The summed E-state index contributed by atoms with van der Waals surface area (Å²) in [5, 5.41) is 3.82. The van der Waals surface area contributed by atoms with E-state index in [0.717, 1.165) is 22.2 Å². The van der Waals surface area contributed by atoms with Gasteiger partial charge in [-0.15, -0.1) is 0 Å². The van der Waals surface area contributed by atoms with Gasteiger partial charge in [0.05, 0.1) is 7.11 Å². The minimum Gasteiger partial charge on any atom is -0.497 e. The molecule has 0 fully saturated rings. The van der Waals surface area contributed by atoms with Gasteiger partial charge in [0, 0.05) is 30.6 Å². The lowest BCUT2D eigenvalue weighted by Crippen LogP contribution is -2.19. The Morgan fingerprint density at radius 2 is 2.33 bits per heavy atom. The SMILES string of the molecule is COc1ccc2[nH]cc(C=CCNC(C)=O)c2c1. The molecule has 1 heterocycles. The fraction of sp³-hybridized carbons (Fsp3) is 0.214. The number of carbonyl (C=O) groups excluding carboxylic acids is 1. The number of benzene rings is 1. The lowest BCUT2D eigenvalue weighted by molar-refractivity contribution is -0.118. The maximum atomic E-state index is 10.7. The fourth-order valence-electron chi connectivity index (χ4n) is 1.77. The van der Waals surface area contributed by atoms with Crippen molar-refractivity contribution in [3.8, 4) is 5.75 Å². The third kappa shape index (κ3) is 2.71. The van der Waals surface area contributed by atoms with Gasteiger partial charge in [0.25, 0.3) is 0 Å². The van der Waals surface area contributed by atoms with E-state index in [2.05, 4.69) is 10.3 Å². The standard InChI is InChI=1S/C14H16N2O2/c1-10(17)15-7-3-4-11-9-16-14-6-5-12(18-2)8-13(11)14/h3-6,8-9,16H,7H2,1-2H3,(H,15,17). The Balaban J connectivity index is 2.20. The highest BCUT2D eigenvalue weighted by atomic mass is 16.5. The van der Waals surface area contributed by atoms with Crippen LogP contribution >= 0.6 is 0 Å². The van der Waals surface area contributed by atoms with Gasteiger partial charge in [-0.1, -0.05) is 12.2 Å². The summed E-state index contributed by atoms with van der Waals surface area (Å²) in [4.78, 5) is 13.9. The van der Waals surface area contributed by atoms with Gasteiger partial charge in [-0.2, -0.15) is 0 Å². The first-order valence-electron chi connectivity index (χ1n) is 5.77. The number of fused-ring (bicyclic) bond motifs is 1. The zero-order valence-electron chi connectivity index (χ0n) is 10.5. The third-order valence-corrected chi connectivity index (χ3v) is 2.69. The van der Waals surface area contributed by atoms with Crippen molar-refractivity contribution >= 4 is 22.9 Å². The van der Waals surface area contributed by atoms with Crippen LogP contribution in [-0.4, -0.2) is 24.5 Å². The van der Waals surface area contributed by atoms with E-state index in [1.165, 1.54) is 6.92 Å². The molecule has 94 valence electrons. The second-order valence-corrected chi connectivity index (χ2v) is 3.99. The first-order chi connectivity index (χ1) is 8.70. The molecule has 0 aliphatic heterocycles. The van der Waals surface area contributed by atoms with Gasteiger partial charge < -0.3 is 15.0 Å². The van der Waals surface area contributed by atoms with Gasteiger partial charge in [0.15, 0.2) is 0 Å². The summed E-state index contributed by atoms with van der Waals surface area (Å²) < 4.78 is 5.21. The maximum Gasteiger partial charge on any atom is 0.217 e. The Morgan fingerprint density at radius 1 is 1.50 bits per heavy atom. The number of methoxy groups -OCH3 is 1. The Bertz CT molecular complexity index is 584. The lowest BCUT2D eigenvalue weighted by atomic mass is 10.1. The number of hydrogen-bond acceptors (Lipinski definition) is 2. The quantitative estimate of drug-likeness (QED) is 0.867. The topological polar surface area (TPSA) is 54.1 Å². The Hall–Kier alpha value is -2.23. The molecule has 4 heteroatoms. The summed E-state index contributed by atoms with van der Waals surface area (Å²) in [6.45, 7) is 2.04. The zero-order chi connectivity index (χ0) is 13.0. The molecule has 1 amide bonds. The minimum atomic E-state index is -0.0276. The summed E-state index contributed by atoms with van der Waals surface area (Å²) in [6, 6.07) is 5.90. The average Bonchev–Trinajstić information content (AvgIpc) is 2.76. The van der Waals surface area contributed by atoms with Crippen molar-refractivity contribution in [3.63, 3.8) is 0 Å². The average molecular weight is 244 g/mol. The highest BCUT2D eigenvalue weighted by molar-refractivity contribution is 5.90. The van der Waals surface area contributed by atoms with Gasteiger partial charge in [-0.3, -0.25) is 4.79 Å². The highest BCUT2D eigenvalue weighted by Crippen LogP contribution is 2.24. The molecule has 0 aliphatic rings. The molecule has 0 aliphatic carbocycles. The first-order valence-corrected chi connectivity index (χ1v) is 5.77. The maximum absolute atomic E-state index is 10.7. The molecule has 0 spiro atoms. The third-order valence-electron chi connectivity index (χ3n) is 2.69. The summed E-state index contributed by atoms with van der Waals surface area (Å²) in [5.74, 6) is 0.804. The van der Waals surface area contributed by atoms with Gasteiger partial charge in [0.1, 0.15) is 5.75 Å². The first kappa shape index (κ1) is 12.2. The van der Waals surface area contributed by atoms with Crippen LogP contribution in [-0.2, 0) is 4.79 Å². The predicted octanol–water partition coefficient (Wildman–Crippen LogP) is 2.33. The van der Waals surface area contributed by atoms with Crippen LogP contribution in [0.5, 0.6) is 5.75 Å². The molecule has 1 aromatic heterocycles. The van der Waals surface area contributed by atoms with Crippen molar-refractivity contribution in [1.29, 1.82) is 0 Å². The van der Waals surface area contributed by atoms with Gasteiger partial charge in [-0.05, 0) is 23.8 Å². The molecular formula is C14H16N2O2. The van der Waals surface area contributed by atoms with Gasteiger partial charge >= 0.3 is 0 Å². The van der Waals surface area contributed by atoms with E-state index in [9.17, 15) is 4.79 Å². The van der Waals surface area contributed by atoms with E-state index in [1.54, 1.807) is 7.11 Å². The number of aromatic nitrogens is 1. The molecule has 2 aromatic rings. The number of ether oxygens (including phenoxy) is 1. The number of carbonyl (C=O) groups is 1. The molecule has 18 heavy (non-hydrogen) atoms. The van der Waals surface area contributed by atoms with Crippen molar-refractivity contribution in [2.24, 2.45) is 0 Å². The molecule has 0 unspecified atom stereocenters. The molecule has 2 N–H and O–H groups in total. The summed E-state index contributed by atoms with van der Waals surface area (Å²) in [5.41, 5.74) is 2.14. The number of hydrogen-bond donors (Lipinski definition) is 2. The number of amides is 1. The molecule has 0 saturated carbocycles. The monoisotopic (exact) mass is 244 g/mol. The van der Waals surface area contributed by atoms with Crippen molar-refractivity contribution in [1.82, 2.24) is 10.3 Å². The summed E-state index contributed by atoms with van der Waals surface area (Å²) in [6.07, 6.45) is 5.84. The van der Waals surface area contributed by atoms with Crippen LogP contribution in [0, 0.1) is 0 Å². The molecule has 0 saturated heterocycles. The van der Waals surface area contributed by atoms with Crippen LogP contribution < -0.4 is 10.1 Å². The summed E-state index contributed by atoms with van der Waals surface area (Å²) in [7, 11) is 1.65. The van der Waals surface area contributed by atoms with E-state index in [-0.39, 0.29) is 5.91 Å². The molecule has 0 radical (unpaired) electrons. The van der Waals surface area contributed by atoms with Crippen LogP contribution in [0.25, 0.3) is 17.0 Å². The molecule has 4 nitrogen and oxygen atoms in total. The van der Waals surface area contributed by atoms with E-state index in [1.807, 2.05) is 36.5 Å². The Kier molecular flexibility index (Phi) is 3.67. The summed E-state index contributed by atoms with van der Waals surface area (Å²) >= 11 is 0. The minimum absolute atomic E-state index is 0.0276. The number of aromatic amines is 1. The van der Waals surface area contributed by atoms with Gasteiger partial charge in [0.2, 0.25) is 5.91 Å². The van der Waals surface area contributed by atoms with E-state index in [0.29, 0.717) is 6.54 Å². The van der Waals surface area contributed by atoms with Crippen LogP contribution in [0.1, 0.15) is 12.5 Å². The fourth-order valence-corrected chi connectivity index (χ4v) is 1.77. The van der Waals surface area contributed by atoms with Crippen molar-refractivity contribution in [2.45, 2.75) is 6.92 Å². The van der Waals surface area contributed by atoms with Gasteiger partial charge in [-0.25, -0.2) is 0 Å². The molecule has 1 aromatic carbocycles. The second kappa shape index (κ2) is 5.40. The van der Waals surface area contributed by atoms with Crippen molar-refractivity contribution in [2.75, 3.05) is 13.7 Å². The normalized spacial score (nSPS) is 11.0. The molecule has 0 bridgehead atoms. The second-order valence-electron chi connectivity index (χ2n) is 3.99. The van der Waals surface area contributed by atoms with Crippen LogP contribution in [0.3, 0.4) is 0 Å². The van der Waals surface area contributed by atoms with E-state index in [4.69, 9.17) is 4.74 Å². The van der Waals surface area contributed by atoms with Crippen LogP contribution in [0.2, 0.25) is 0 Å². The Morgan fingerprint density at radius 3 is 3.06 bits per heavy atom. The number of H-pyrrole nitrogens is 1. The van der Waals surface area contributed by atoms with Crippen LogP contribution in [0.4, 0.5) is 0 Å². The highest BCUT2D eigenvalue weighted by Gasteiger charge is 2.02. The predicted molar refractivity (Wildman–Crippen MR) is 72.6 cm³/mol. The van der Waals surface area contributed by atoms with E-state index < -0.39 is 0 Å². The van der Waals surface area contributed by atoms with Crippen molar-refractivity contribution < 1.29 is 9.53 Å². The number of rotatable bonds is 4. The van der Waals surface area contributed by atoms with Crippen LogP contribution in [0.15, 0.2) is 30.5 Å². The Labute approximate surface area is 106 Å². The smallest absolute Gasteiger partial charge is 0.217 e. The molecule has 2 rings (SSSR count). The molecular weight excluding hydrogens is 228 g/mol. The lowest BCUT2D eigenvalue weighted by Gasteiger charge is -1.99. The van der Waals surface area contributed by atoms with E-state index >= 15 is 0 Å². The zero-order valence-corrected chi connectivity index (χ0v) is 10.5. The van der Waals surface area contributed by atoms with Crippen molar-refractivity contribution in [3.05, 3.63) is 36.0 Å². The largest absolute Gasteiger partial charge is 0.497 e. The number of nitrogens with one attached hydrogen (secondary N) is 2. The molecule has 0 atom stereocenters.